The zero-order valence-electron chi connectivity index (χ0n) is 41.3. The average molecular weight is 1040 g/mol. The van der Waals surface area contributed by atoms with Gasteiger partial charge in [0, 0.05) is 52.7 Å². The normalized spacial score (nSPS) is 10.1. The molecule has 1 N–H and O–H groups in total. The molecule has 0 spiro atoms. The molecule has 410 valence electrons. The Hall–Kier alpha value is -8.08. The van der Waals surface area contributed by atoms with Gasteiger partial charge in [-0.25, -0.2) is 9.59 Å². The molecule has 0 fully saturated rings. The fourth-order valence-corrected chi connectivity index (χ4v) is 5.19. The Morgan fingerprint density at radius 1 is 0.560 bits per heavy atom. The van der Waals surface area contributed by atoms with E-state index < -0.39 is 34.7 Å². The van der Waals surface area contributed by atoms with Crippen LogP contribution in [0.25, 0.3) is 0 Å². The first-order valence-corrected chi connectivity index (χ1v) is 22.4. The van der Waals surface area contributed by atoms with E-state index in [4.69, 9.17) is 32.8 Å². The number of nitrogens with zero attached hydrogens (tertiary/aromatic N) is 2. The van der Waals surface area contributed by atoms with Crippen molar-refractivity contribution >= 4 is 29.3 Å². The summed E-state index contributed by atoms with van der Waals surface area (Å²) in [5, 5.41) is 9.93. The van der Waals surface area contributed by atoms with Crippen LogP contribution in [0.1, 0.15) is 83.3 Å². The van der Waals surface area contributed by atoms with Gasteiger partial charge in [-0.3, -0.25) is 19.2 Å². The summed E-state index contributed by atoms with van der Waals surface area (Å²) in [4.78, 5) is 72.5. The number of benzene rings is 4. The van der Waals surface area contributed by atoms with Gasteiger partial charge >= 0.3 is 11.9 Å². The maximum atomic E-state index is 12.2. The third-order valence-electron chi connectivity index (χ3n) is 8.51. The van der Waals surface area contributed by atoms with E-state index in [-0.39, 0.29) is 92.4 Å². The molecule has 0 saturated heterocycles. The summed E-state index contributed by atoms with van der Waals surface area (Å²) in [5.74, 6) is -3.92. The first-order chi connectivity index (χ1) is 34.1. The molecule has 1 aromatic heterocycles. The van der Waals surface area contributed by atoms with Crippen molar-refractivity contribution in [3.8, 4) is 5.75 Å². The van der Waals surface area contributed by atoms with E-state index in [0.29, 0.717) is 13.2 Å². The van der Waals surface area contributed by atoms with Crippen molar-refractivity contribution in [3.05, 3.63) is 208 Å². The van der Waals surface area contributed by atoms with Crippen LogP contribution >= 0.6 is 0 Å². The quantitative estimate of drug-likeness (QED) is 0.0368. The lowest BCUT2D eigenvalue weighted by atomic mass is 10.2. The van der Waals surface area contributed by atoms with Crippen LogP contribution in [0.4, 0.5) is 0 Å². The van der Waals surface area contributed by atoms with Gasteiger partial charge in [-0.15, -0.1) is 0 Å². The number of ketones is 3. The van der Waals surface area contributed by atoms with Crippen LogP contribution in [0, 0.1) is 0 Å². The second-order valence-electron chi connectivity index (χ2n) is 15.2. The number of carbonyl (C=O) groups is 5. The molecular formula is C59H80N2O14. The van der Waals surface area contributed by atoms with Crippen molar-refractivity contribution < 1.29 is 61.9 Å². The van der Waals surface area contributed by atoms with Gasteiger partial charge in [-0.2, -0.15) is 0 Å². The number of esters is 2. The van der Waals surface area contributed by atoms with E-state index in [1.165, 1.54) is 31.3 Å². The highest BCUT2D eigenvalue weighted by molar-refractivity contribution is 6.07. The standard InChI is InChI=1S/C17H21NO5.C15H14O5.C13H17NO2.C10H12O2.4CH4/c1-4-22-17(21)15(20)16(14(19)10-11-18(2)3)23-12-13-8-6-5-7-9-13;1-2-18-15(17)14-13(12(16)8-9-19-14)20-10-11-6-4-3-5-7-11;1-14(2)9-8-13(15)11-16-10-12-6-4-3-5-7-12;1-9(11)7-12-8-10-5-3-2-4-6-10;;;;/h5-11,20H,4,12H2,1-3H3;3-9H,2,10H2,1H3;3-9H,10-11H2,1-2H3;2-6H,7-8H2,1H3;4*1H4/b11-10+,16-15+;;9-8+;;;;;. The van der Waals surface area contributed by atoms with Crippen LogP contribution in [-0.4, -0.2) is 98.8 Å². The number of hydrogen-bond donors (Lipinski definition) is 1. The van der Waals surface area contributed by atoms with Crippen molar-refractivity contribution in [2.45, 2.75) is 76.9 Å². The van der Waals surface area contributed by atoms with E-state index in [2.05, 4.69) is 0 Å². The Balaban J connectivity index is -0.000000926. The van der Waals surface area contributed by atoms with Crippen molar-refractivity contribution in [2.24, 2.45) is 0 Å². The predicted molar refractivity (Wildman–Crippen MR) is 295 cm³/mol. The third kappa shape index (κ3) is 31.9. The molecule has 0 aliphatic heterocycles. The van der Waals surface area contributed by atoms with Gasteiger partial charge in [0.05, 0.1) is 32.7 Å². The van der Waals surface area contributed by atoms with Crippen LogP contribution in [0.3, 0.4) is 0 Å². The average Bonchev–Trinajstić information content (AvgIpc) is 3.36. The number of Topliss-reactive ketones (excluding diaryl/α,β-unsaturated/α-hetero) is 1. The van der Waals surface area contributed by atoms with Crippen LogP contribution in [0.5, 0.6) is 5.75 Å². The Labute approximate surface area is 444 Å². The van der Waals surface area contributed by atoms with Gasteiger partial charge in [-0.05, 0) is 49.1 Å². The van der Waals surface area contributed by atoms with Gasteiger partial charge < -0.3 is 47.7 Å². The molecule has 1 heterocycles. The molecule has 0 aliphatic rings. The van der Waals surface area contributed by atoms with Crippen LogP contribution < -0.4 is 10.2 Å². The number of rotatable bonds is 23. The van der Waals surface area contributed by atoms with Gasteiger partial charge in [-0.1, -0.05) is 151 Å². The summed E-state index contributed by atoms with van der Waals surface area (Å²) in [6.07, 6.45) is 7.07. The molecule has 16 heteroatoms. The largest absolute Gasteiger partial charge is 0.499 e. The van der Waals surface area contributed by atoms with Gasteiger partial charge in [0.25, 0.3) is 5.76 Å². The monoisotopic (exact) mass is 1040 g/mol. The molecule has 4 aromatic carbocycles. The smallest absolute Gasteiger partial charge is 0.378 e. The third-order valence-corrected chi connectivity index (χ3v) is 8.51. The number of hydrogen-bond acceptors (Lipinski definition) is 16. The second-order valence-corrected chi connectivity index (χ2v) is 15.2. The Bertz CT molecular complexity index is 2490. The highest BCUT2D eigenvalue weighted by Crippen LogP contribution is 2.17. The molecule has 0 atom stereocenters. The van der Waals surface area contributed by atoms with Gasteiger partial charge in [0.15, 0.2) is 11.6 Å². The van der Waals surface area contributed by atoms with Crippen LogP contribution in [0.2, 0.25) is 0 Å². The topological polar surface area (TPSA) is 198 Å². The van der Waals surface area contributed by atoms with E-state index >= 15 is 0 Å². The fraction of sp³-hybridized carbons (Fsp3) is 0.322. The molecule has 16 nitrogen and oxygen atoms in total. The molecular weight excluding hydrogens is 961 g/mol. The van der Waals surface area contributed by atoms with Crippen molar-refractivity contribution in [1.82, 2.24) is 9.80 Å². The lowest BCUT2D eigenvalue weighted by Crippen LogP contribution is -2.16. The zero-order valence-corrected chi connectivity index (χ0v) is 41.3. The molecule has 0 radical (unpaired) electrons. The van der Waals surface area contributed by atoms with Crippen LogP contribution in [0.15, 0.2) is 179 Å². The SMILES string of the molecule is C.C.C.C.CC(=O)COCc1ccccc1.CCOC(=O)/C(O)=C(\OCc1ccccc1)C(=O)/C=C/N(C)C.CCOC(=O)c1occc(=O)c1OCc1ccccc1.CN(C)/C=C/C(=O)COCc1ccccc1. The fourth-order valence-electron chi connectivity index (χ4n) is 5.19. The number of aliphatic hydroxyl groups excluding tert-OH is 1. The minimum Gasteiger partial charge on any atom is -0.499 e. The number of carbonyl (C=O) groups excluding carboxylic acids is 5. The Morgan fingerprint density at radius 2 is 0.987 bits per heavy atom. The summed E-state index contributed by atoms with van der Waals surface area (Å²) in [6, 6.07) is 39.2. The van der Waals surface area contributed by atoms with E-state index in [1.807, 2.05) is 128 Å². The Morgan fingerprint density at radius 3 is 1.43 bits per heavy atom. The molecule has 0 unspecified atom stereocenters. The first kappa shape index (κ1) is 71.2. The zero-order chi connectivity index (χ0) is 52.2. The Kier molecular flexibility index (Phi) is 40.3. The van der Waals surface area contributed by atoms with E-state index in [9.17, 15) is 33.9 Å². The molecule has 0 bridgehead atoms. The molecule has 75 heavy (non-hydrogen) atoms. The minimum atomic E-state index is -0.998. The van der Waals surface area contributed by atoms with E-state index in [1.54, 1.807) is 51.2 Å². The van der Waals surface area contributed by atoms with Crippen molar-refractivity contribution in [1.29, 1.82) is 0 Å². The minimum absolute atomic E-state index is 0. The summed E-state index contributed by atoms with van der Waals surface area (Å²) >= 11 is 0. The number of allylic oxidation sites excluding steroid dienone is 1. The maximum Gasteiger partial charge on any atom is 0.378 e. The summed E-state index contributed by atoms with van der Waals surface area (Å²) in [7, 11) is 7.22. The van der Waals surface area contributed by atoms with Crippen LogP contribution in [-0.2, 0) is 69.3 Å². The molecule has 0 aliphatic carbocycles. The second kappa shape index (κ2) is 42.4. The molecule has 0 amide bonds. The molecule has 5 rings (SSSR count). The van der Waals surface area contributed by atoms with Gasteiger partial charge in [0.2, 0.25) is 28.5 Å². The van der Waals surface area contributed by atoms with Crippen molar-refractivity contribution in [2.75, 3.05) is 54.6 Å². The summed E-state index contributed by atoms with van der Waals surface area (Å²) in [6.45, 7) is 6.59. The highest BCUT2D eigenvalue weighted by atomic mass is 16.6. The first-order valence-electron chi connectivity index (χ1n) is 22.4. The molecule has 0 saturated carbocycles. The van der Waals surface area contributed by atoms with Gasteiger partial charge in [0.1, 0.15) is 26.4 Å². The predicted octanol–water partition coefficient (Wildman–Crippen LogP) is 10.8. The van der Waals surface area contributed by atoms with Crippen molar-refractivity contribution in [3.63, 3.8) is 0 Å². The number of ether oxygens (including phenoxy) is 6. The summed E-state index contributed by atoms with van der Waals surface area (Å²) in [5.41, 5.74) is 3.43. The van der Waals surface area contributed by atoms with E-state index in [0.717, 1.165) is 28.5 Å². The lowest BCUT2D eigenvalue weighted by Gasteiger charge is -2.11. The number of aliphatic hydroxyl groups is 1. The molecule has 5 aromatic rings. The lowest BCUT2D eigenvalue weighted by molar-refractivity contribution is -0.142. The highest BCUT2D eigenvalue weighted by Gasteiger charge is 2.23. The summed E-state index contributed by atoms with van der Waals surface area (Å²) < 4.78 is 35.8. The maximum absolute atomic E-state index is 12.2.